The van der Waals surface area contributed by atoms with E-state index in [-0.39, 0.29) is 5.91 Å². The predicted octanol–water partition coefficient (Wildman–Crippen LogP) is 4.01. The van der Waals surface area contributed by atoms with Crippen LogP contribution in [0.15, 0.2) is 54.9 Å². The van der Waals surface area contributed by atoms with Gasteiger partial charge in [0.15, 0.2) is 11.5 Å². The van der Waals surface area contributed by atoms with Crippen LogP contribution in [0.1, 0.15) is 23.2 Å². The van der Waals surface area contributed by atoms with Gasteiger partial charge in [-0.05, 0) is 37.1 Å². The van der Waals surface area contributed by atoms with E-state index in [1.54, 1.807) is 44.8 Å². The number of benzene rings is 2. The zero-order chi connectivity index (χ0) is 20.9. The molecule has 1 aliphatic rings. The van der Waals surface area contributed by atoms with Gasteiger partial charge in [-0.15, -0.1) is 0 Å². The van der Waals surface area contributed by atoms with Crippen molar-refractivity contribution in [3.05, 3.63) is 60.4 Å². The summed E-state index contributed by atoms with van der Waals surface area (Å²) < 4.78 is 10.5. The third-order valence-corrected chi connectivity index (χ3v) is 5.14. The Kier molecular flexibility index (Phi) is 5.79. The van der Waals surface area contributed by atoms with Crippen LogP contribution in [-0.4, -0.2) is 43.2 Å². The van der Waals surface area contributed by atoms with Crippen LogP contribution in [0.25, 0.3) is 11.3 Å². The highest BCUT2D eigenvalue weighted by molar-refractivity contribution is 6.05. The molecule has 1 amide bonds. The Hall–Kier alpha value is -3.61. The molecule has 154 valence electrons. The summed E-state index contributed by atoms with van der Waals surface area (Å²) in [6, 6.07) is 14.7. The minimum Gasteiger partial charge on any atom is -0.493 e. The van der Waals surface area contributed by atoms with Gasteiger partial charge in [0, 0.05) is 42.0 Å². The van der Waals surface area contributed by atoms with Crippen molar-refractivity contribution in [2.45, 2.75) is 12.8 Å². The first-order valence-corrected chi connectivity index (χ1v) is 9.89. The van der Waals surface area contributed by atoms with Gasteiger partial charge in [0.05, 0.1) is 19.9 Å². The average molecular weight is 404 g/mol. The fourth-order valence-corrected chi connectivity index (χ4v) is 3.56. The molecule has 1 fully saturated rings. The molecule has 1 aliphatic heterocycles. The Morgan fingerprint density at radius 1 is 0.967 bits per heavy atom. The molecule has 7 heteroatoms. The zero-order valence-corrected chi connectivity index (χ0v) is 17.1. The molecule has 1 saturated heterocycles. The maximum absolute atomic E-state index is 12.8. The fourth-order valence-electron chi connectivity index (χ4n) is 3.56. The third kappa shape index (κ3) is 4.20. The van der Waals surface area contributed by atoms with Gasteiger partial charge in [-0.3, -0.25) is 4.79 Å². The van der Waals surface area contributed by atoms with E-state index < -0.39 is 0 Å². The molecule has 2 aromatic carbocycles. The van der Waals surface area contributed by atoms with Crippen molar-refractivity contribution in [2.24, 2.45) is 0 Å². The SMILES string of the molecule is COc1ccc(NC(=O)c2cccc(-c3cc(N4CCCC4)ncn3)c2)cc1OC. The normalized spacial score (nSPS) is 13.2. The molecule has 1 N–H and O–H groups in total. The van der Waals surface area contributed by atoms with E-state index in [0.29, 0.717) is 22.7 Å². The number of rotatable bonds is 6. The topological polar surface area (TPSA) is 76.6 Å². The van der Waals surface area contributed by atoms with Gasteiger partial charge in [-0.1, -0.05) is 12.1 Å². The average Bonchev–Trinajstić information content (AvgIpc) is 3.34. The quantitative estimate of drug-likeness (QED) is 0.669. The van der Waals surface area contributed by atoms with E-state index in [1.807, 2.05) is 24.3 Å². The van der Waals surface area contributed by atoms with Gasteiger partial charge < -0.3 is 19.7 Å². The second kappa shape index (κ2) is 8.82. The summed E-state index contributed by atoms with van der Waals surface area (Å²) in [6.07, 6.45) is 3.95. The maximum Gasteiger partial charge on any atom is 0.255 e. The number of amides is 1. The number of hydrogen-bond acceptors (Lipinski definition) is 6. The number of carbonyl (C=O) groups is 1. The van der Waals surface area contributed by atoms with E-state index in [9.17, 15) is 4.79 Å². The first kappa shape index (κ1) is 19.7. The summed E-state index contributed by atoms with van der Waals surface area (Å²) in [5.74, 6) is 1.88. The van der Waals surface area contributed by atoms with Gasteiger partial charge in [0.2, 0.25) is 0 Å². The Labute approximate surface area is 175 Å². The largest absolute Gasteiger partial charge is 0.493 e. The molecule has 2 heterocycles. The van der Waals surface area contributed by atoms with Crippen LogP contribution in [0.2, 0.25) is 0 Å². The monoisotopic (exact) mass is 404 g/mol. The summed E-state index contributed by atoms with van der Waals surface area (Å²) in [4.78, 5) is 23.9. The van der Waals surface area contributed by atoms with E-state index in [2.05, 4.69) is 20.2 Å². The van der Waals surface area contributed by atoms with Crippen molar-refractivity contribution in [1.29, 1.82) is 0 Å². The molecular formula is C23H24N4O3. The molecule has 0 spiro atoms. The Morgan fingerprint density at radius 2 is 1.77 bits per heavy atom. The Bertz CT molecular complexity index is 1050. The van der Waals surface area contributed by atoms with Gasteiger partial charge >= 0.3 is 0 Å². The third-order valence-electron chi connectivity index (χ3n) is 5.14. The van der Waals surface area contributed by atoms with Crippen LogP contribution in [0.5, 0.6) is 11.5 Å². The highest BCUT2D eigenvalue weighted by atomic mass is 16.5. The summed E-state index contributed by atoms with van der Waals surface area (Å²) in [6.45, 7) is 2.04. The lowest BCUT2D eigenvalue weighted by atomic mass is 10.1. The Morgan fingerprint density at radius 3 is 2.53 bits per heavy atom. The zero-order valence-electron chi connectivity index (χ0n) is 17.1. The smallest absolute Gasteiger partial charge is 0.255 e. The van der Waals surface area contributed by atoms with Crippen LogP contribution >= 0.6 is 0 Å². The molecular weight excluding hydrogens is 380 g/mol. The molecule has 30 heavy (non-hydrogen) atoms. The van der Waals surface area contributed by atoms with E-state index in [0.717, 1.165) is 30.2 Å². The maximum atomic E-state index is 12.8. The molecule has 0 atom stereocenters. The molecule has 0 saturated carbocycles. The fraction of sp³-hybridized carbons (Fsp3) is 0.261. The first-order chi connectivity index (χ1) is 14.7. The number of carbonyl (C=O) groups excluding carboxylic acids is 1. The lowest BCUT2D eigenvalue weighted by Gasteiger charge is -2.16. The van der Waals surface area contributed by atoms with Crippen molar-refractivity contribution in [1.82, 2.24) is 9.97 Å². The standard InChI is InChI=1S/C23H24N4O3/c1-29-20-9-8-18(13-21(20)30-2)26-23(28)17-7-5-6-16(12-17)19-14-22(25-15-24-19)27-10-3-4-11-27/h5-9,12-15H,3-4,10-11H2,1-2H3,(H,26,28). The van der Waals surface area contributed by atoms with Crippen LogP contribution in [0.4, 0.5) is 11.5 Å². The highest BCUT2D eigenvalue weighted by Gasteiger charge is 2.15. The predicted molar refractivity (Wildman–Crippen MR) is 116 cm³/mol. The second-order valence-electron chi connectivity index (χ2n) is 7.06. The molecule has 0 aliphatic carbocycles. The molecule has 0 unspecified atom stereocenters. The minimum atomic E-state index is -0.210. The molecule has 7 nitrogen and oxygen atoms in total. The van der Waals surface area contributed by atoms with Crippen LogP contribution in [0.3, 0.4) is 0 Å². The van der Waals surface area contributed by atoms with Gasteiger partial charge in [-0.25, -0.2) is 9.97 Å². The van der Waals surface area contributed by atoms with E-state index in [1.165, 1.54) is 12.8 Å². The van der Waals surface area contributed by atoms with Crippen molar-refractivity contribution in [2.75, 3.05) is 37.5 Å². The summed E-state index contributed by atoms with van der Waals surface area (Å²) in [7, 11) is 3.13. The van der Waals surface area contributed by atoms with Crippen molar-refractivity contribution >= 4 is 17.4 Å². The lowest BCUT2D eigenvalue weighted by Crippen LogP contribution is -2.19. The molecule has 3 aromatic rings. The van der Waals surface area contributed by atoms with Gasteiger partial charge in [0.25, 0.3) is 5.91 Å². The number of hydrogen-bond donors (Lipinski definition) is 1. The molecule has 1 aromatic heterocycles. The summed E-state index contributed by atoms with van der Waals surface area (Å²) >= 11 is 0. The van der Waals surface area contributed by atoms with E-state index in [4.69, 9.17) is 9.47 Å². The van der Waals surface area contributed by atoms with E-state index >= 15 is 0 Å². The number of aromatic nitrogens is 2. The number of nitrogens with zero attached hydrogens (tertiary/aromatic N) is 3. The molecule has 0 radical (unpaired) electrons. The number of nitrogens with one attached hydrogen (secondary N) is 1. The molecule has 4 rings (SSSR count). The second-order valence-corrected chi connectivity index (χ2v) is 7.06. The number of methoxy groups -OCH3 is 2. The lowest BCUT2D eigenvalue weighted by molar-refractivity contribution is 0.102. The van der Waals surface area contributed by atoms with Crippen molar-refractivity contribution < 1.29 is 14.3 Å². The van der Waals surface area contributed by atoms with Crippen LogP contribution in [-0.2, 0) is 0 Å². The Balaban J connectivity index is 1.55. The highest BCUT2D eigenvalue weighted by Crippen LogP contribution is 2.30. The first-order valence-electron chi connectivity index (χ1n) is 9.89. The van der Waals surface area contributed by atoms with Gasteiger partial charge in [-0.2, -0.15) is 0 Å². The minimum absolute atomic E-state index is 0.210. The van der Waals surface area contributed by atoms with Crippen LogP contribution in [0, 0.1) is 0 Å². The van der Waals surface area contributed by atoms with Gasteiger partial charge in [0.1, 0.15) is 12.1 Å². The summed E-state index contributed by atoms with van der Waals surface area (Å²) in [5, 5.41) is 2.90. The van der Waals surface area contributed by atoms with Crippen molar-refractivity contribution in [3.63, 3.8) is 0 Å². The van der Waals surface area contributed by atoms with Crippen LogP contribution < -0.4 is 19.7 Å². The molecule has 0 bridgehead atoms. The summed E-state index contributed by atoms with van der Waals surface area (Å²) in [5.41, 5.74) is 2.84. The number of ether oxygens (including phenoxy) is 2. The van der Waals surface area contributed by atoms with Crippen molar-refractivity contribution in [3.8, 4) is 22.8 Å². The number of anilines is 2.